The summed E-state index contributed by atoms with van der Waals surface area (Å²) in [5.41, 5.74) is 0. The fourth-order valence-corrected chi connectivity index (χ4v) is 6.39. The topological polar surface area (TPSA) is 95.0 Å². The fraction of sp³-hybridized carbons (Fsp3) is 0.818. The lowest BCUT2D eigenvalue weighted by atomic mass is 10.3. The molecule has 2 aliphatic heterocycles. The van der Waals surface area contributed by atoms with Crippen molar-refractivity contribution in [1.82, 2.24) is 9.80 Å². The number of thioether (sulfide) groups is 2. The number of carbonyl (C=O) groups is 2. The van der Waals surface area contributed by atoms with Crippen molar-refractivity contribution in [3.63, 3.8) is 0 Å². The summed E-state index contributed by atoms with van der Waals surface area (Å²) in [6, 6.07) is -1.35. The Labute approximate surface area is 132 Å². The van der Waals surface area contributed by atoms with Gasteiger partial charge in [-0.05, 0) is 0 Å². The summed E-state index contributed by atoms with van der Waals surface area (Å²) in [5, 5.41) is 8.30. The Hall–Kier alpha value is -0.610. The van der Waals surface area contributed by atoms with Crippen molar-refractivity contribution >= 4 is 45.4 Å². The SMILES string of the molecule is CCS(=O)(=O)C1CSCCN1C(=O)N1CSC[C@H]1C(=O)O. The molecular formula is C11H18N2O5S3. The van der Waals surface area contributed by atoms with Crippen LogP contribution in [0.2, 0.25) is 0 Å². The van der Waals surface area contributed by atoms with Gasteiger partial charge in [0, 0.05) is 29.6 Å². The number of hydrogen-bond donors (Lipinski definition) is 1. The molecule has 2 fully saturated rings. The van der Waals surface area contributed by atoms with Gasteiger partial charge in [0.05, 0.1) is 5.88 Å². The first-order valence-electron chi connectivity index (χ1n) is 6.55. The largest absolute Gasteiger partial charge is 0.480 e. The van der Waals surface area contributed by atoms with Gasteiger partial charge in [0.2, 0.25) is 0 Å². The second-order valence-corrected chi connectivity index (χ2v) is 9.38. The smallest absolute Gasteiger partial charge is 0.327 e. The van der Waals surface area contributed by atoms with Crippen molar-refractivity contribution < 1.29 is 23.1 Å². The maximum Gasteiger partial charge on any atom is 0.327 e. The van der Waals surface area contributed by atoms with Gasteiger partial charge >= 0.3 is 12.0 Å². The zero-order chi connectivity index (χ0) is 15.6. The van der Waals surface area contributed by atoms with E-state index in [1.165, 1.54) is 33.3 Å². The average Bonchev–Trinajstić information content (AvgIpc) is 2.96. The second-order valence-electron chi connectivity index (χ2n) is 4.78. The number of aliphatic carboxylic acids is 1. The summed E-state index contributed by atoms with van der Waals surface area (Å²) in [7, 11) is -3.38. The van der Waals surface area contributed by atoms with Crippen molar-refractivity contribution in [2.45, 2.75) is 18.3 Å². The zero-order valence-corrected chi connectivity index (χ0v) is 14.0. The standard InChI is InChI=1S/C11H18N2O5S3/c1-2-21(17,18)9-6-19-4-3-12(9)11(16)13-7-20-5-8(13)10(14)15/h8-9H,2-7H2,1H3,(H,14,15)/t8-,9?/m0/s1. The van der Waals surface area contributed by atoms with Crippen LogP contribution in [-0.2, 0) is 14.6 Å². The average molecular weight is 354 g/mol. The number of nitrogens with zero attached hydrogens (tertiary/aromatic N) is 2. The van der Waals surface area contributed by atoms with Crippen LogP contribution >= 0.6 is 23.5 Å². The van der Waals surface area contributed by atoms with E-state index < -0.39 is 33.3 Å². The van der Waals surface area contributed by atoms with Crippen LogP contribution in [0.4, 0.5) is 4.79 Å². The van der Waals surface area contributed by atoms with E-state index in [9.17, 15) is 18.0 Å². The normalized spacial score (nSPS) is 26.9. The van der Waals surface area contributed by atoms with E-state index in [1.807, 2.05) is 0 Å². The molecule has 0 aromatic rings. The number of urea groups is 1. The molecule has 0 radical (unpaired) electrons. The third kappa shape index (κ3) is 3.42. The minimum absolute atomic E-state index is 0.0287. The van der Waals surface area contributed by atoms with Crippen molar-refractivity contribution in [1.29, 1.82) is 0 Å². The summed E-state index contributed by atoms with van der Waals surface area (Å²) in [4.78, 5) is 26.4. The number of hydrogen-bond acceptors (Lipinski definition) is 6. The maximum absolute atomic E-state index is 12.6. The molecule has 1 unspecified atom stereocenters. The highest BCUT2D eigenvalue weighted by Gasteiger charge is 2.42. The number of sulfone groups is 1. The first-order chi connectivity index (χ1) is 9.88. The quantitative estimate of drug-likeness (QED) is 0.782. The molecule has 0 bridgehead atoms. The Morgan fingerprint density at radius 1 is 1.24 bits per heavy atom. The van der Waals surface area contributed by atoms with Gasteiger partial charge in [-0.2, -0.15) is 11.8 Å². The Morgan fingerprint density at radius 2 is 1.95 bits per heavy atom. The molecule has 0 aromatic carbocycles. The van der Waals surface area contributed by atoms with E-state index >= 15 is 0 Å². The summed E-state index contributed by atoms with van der Waals surface area (Å²) in [6.07, 6.45) is 0. The number of carbonyl (C=O) groups excluding carboxylic acids is 1. The number of rotatable bonds is 3. The minimum atomic E-state index is -3.38. The van der Waals surface area contributed by atoms with Gasteiger partial charge in [0.25, 0.3) is 0 Å². The molecule has 7 nitrogen and oxygen atoms in total. The predicted molar refractivity (Wildman–Crippen MR) is 83.3 cm³/mol. The lowest BCUT2D eigenvalue weighted by molar-refractivity contribution is -0.140. The number of amides is 2. The summed E-state index contributed by atoms with van der Waals surface area (Å²) < 4.78 is 24.3. The van der Waals surface area contributed by atoms with Crippen LogP contribution < -0.4 is 0 Å². The van der Waals surface area contributed by atoms with Crippen LogP contribution in [0.1, 0.15) is 6.92 Å². The Kier molecular flexibility index (Phi) is 5.31. The fourth-order valence-electron chi connectivity index (χ4n) is 2.29. The lowest BCUT2D eigenvalue weighted by Gasteiger charge is -2.37. The van der Waals surface area contributed by atoms with Gasteiger partial charge in [-0.1, -0.05) is 6.92 Å². The summed E-state index contributed by atoms with van der Waals surface area (Å²) in [6.45, 7) is 1.89. The van der Waals surface area contributed by atoms with Gasteiger partial charge < -0.3 is 14.9 Å². The molecule has 0 spiro atoms. The van der Waals surface area contributed by atoms with Crippen LogP contribution in [0, 0.1) is 0 Å². The molecule has 2 aliphatic rings. The Balaban J connectivity index is 2.21. The van der Waals surface area contributed by atoms with Crippen LogP contribution in [-0.4, -0.2) is 82.2 Å². The van der Waals surface area contributed by atoms with Crippen molar-refractivity contribution in [3.05, 3.63) is 0 Å². The van der Waals surface area contributed by atoms with Crippen LogP contribution in [0.5, 0.6) is 0 Å². The first kappa shape index (κ1) is 16.8. The van der Waals surface area contributed by atoms with E-state index in [0.29, 0.717) is 29.7 Å². The van der Waals surface area contributed by atoms with Gasteiger partial charge in [-0.15, -0.1) is 11.8 Å². The number of carboxylic acid groups (broad SMARTS) is 1. The van der Waals surface area contributed by atoms with Crippen LogP contribution in [0.25, 0.3) is 0 Å². The Morgan fingerprint density at radius 3 is 2.57 bits per heavy atom. The first-order valence-corrected chi connectivity index (χ1v) is 10.6. The summed E-state index contributed by atoms with van der Waals surface area (Å²) >= 11 is 2.87. The molecule has 2 atom stereocenters. The van der Waals surface area contributed by atoms with Crippen LogP contribution in [0.3, 0.4) is 0 Å². The molecule has 2 saturated heterocycles. The maximum atomic E-state index is 12.6. The molecular weight excluding hydrogens is 336 g/mol. The minimum Gasteiger partial charge on any atom is -0.480 e. The highest BCUT2D eigenvalue weighted by atomic mass is 32.2. The molecule has 21 heavy (non-hydrogen) atoms. The molecule has 2 rings (SSSR count). The molecule has 1 N–H and O–H groups in total. The van der Waals surface area contributed by atoms with Gasteiger partial charge in [0.15, 0.2) is 9.84 Å². The second kappa shape index (κ2) is 6.66. The van der Waals surface area contributed by atoms with E-state index in [4.69, 9.17) is 5.11 Å². The highest BCUT2D eigenvalue weighted by Crippen LogP contribution is 2.27. The molecule has 0 aromatic heterocycles. The Bertz CT molecular complexity index is 524. The molecule has 2 amide bonds. The number of carboxylic acids is 1. The van der Waals surface area contributed by atoms with E-state index in [1.54, 1.807) is 6.92 Å². The molecule has 0 aliphatic carbocycles. The van der Waals surface area contributed by atoms with E-state index in [0.717, 1.165) is 0 Å². The van der Waals surface area contributed by atoms with Gasteiger partial charge in [-0.25, -0.2) is 18.0 Å². The monoisotopic (exact) mass is 354 g/mol. The van der Waals surface area contributed by atoms with Gasteiger partial charge in [0.1, 0.15) is 11.4 Å². The van der Waals surface area contributed by atoms with Gasteiger partial charge in [-0.3, -0.25) is 0 Å². The van der Waals surface area contributed by atoms with E-state index in [2.05, 4.69) is 0 Å². The van der Waals surface area contributed by atoms with Crippen molar-refractivity contribution in [2.24, 2.45) is 0 Å². The third-order valence-electron chi connectivity index (χ3n) is 3.56. The van der Waals surface area contributed by atoms with Crippen LogP contribution in [0.15, 0.2) is 0 Å². The zero-order valence-electron chi connectivity index (χ0n) is 11.6. The van der Waals surface area contributed by atoms with Crippen molar-refractivity contribution in [3.8, 4) is 0 Å². The molecule has 10 heteroatoms. The highest BCUT2D eigenvalue weighted by molar-refractivity contribution is 8.01. The van der Waals surface area contributed by atoms with E-state index in [-0.39, 0.29) is 5.75 Å². The molecule has 120 valence electrons. The molecule has 0 saturated carbocycles. The predicted octanol–water partition coefficient (Wildman–Crippen LogP) is 0.375. The third-order valence-corrected chi connectivity index (χ3v) is 7.86. The molecule has 2 heterocycles. The summed E-state index contributed by atoms with van der Waals surface area (Å²) in [5.74, 6) is 0.572. The van der Waals surface area contributed by atoms with Crippen molar-refractivity contribution in [2.75, 3.05) is 35.4 Å². The lowest BCUT2D eigenvalue weighted by Crippen LogP contribution is -2.57.